The van der Waals surface area contributed by atoms with E-state index in [0.29, 0.717) is 22.3 Å². The van der Waals surface area contributed by atoms with Crippen LogP contribution < -0.4 is 14.8 Å². The van der Waals surface area contributed by atoms with Crippen molar-refractivity contribution in [3.8, 4) is 22.6 Å². The molecule has 40 heavy (non-hydrogen) atoms. The standard InChI is InChI=1S/C32H26ClNO5S/c1-38-27-4-2-3-21(15-27)19-39-26-12-5-20(6-13-26)16-28(32(36)37)34-31(35)30-18-24-17-23(9-14-29(24)40-30)22-7-10-25(33)11-8-22/h2-15,17-18,28H,16,19H2,1H3,(H,34,35)(H,36,37)/t28-/m0/s1. The molecule has 5 aromatic rings. The minimum Gasteiger partial charge on any atom is -0.497 e. The number of carboxylic acids is 1. The topological polar surface area (TPSA) is 84.9 Å². The van der Waals surface area contributed by atoms with E-state index in [1.54, 1.807) is 37.4 Å². The zero-order valence-electron chi connectivity index (χ0n) is 21.6. The number of thiophene rings is 1. The van der Waals surface area contributed by atoms with Crippen molar-refractivity contribution in [1.82, 2.24) is 5.32 Å². The molecule has 6 nitrogen and oxygen atoms in total. The average Bonchev–Trinajstić information content (AvgIpc) is 3.41. The van der Waals surface area contributed by atoms with Gasteiger partial charge < -0.3 is 19.9 Å². The number of carboxylic acid groups (broad SMARTS) is 1. The monoisotopic (exact) mass is 571 g/mol. The number of benzene rings is 4. The van der Waals surface area contributed by atoms with Gasteiger partial charge in [-0.1, -0.05) is 54.1 Å². The molecule has 1 atom stereocenters. The summed E-state index contributed by atoms with van der Waals surface area (Å²) in [6, 6.07) is 29.1. The SMILES string of the molecule is COc1cccc(COc2ccc(C[C@H](NC(=O)c3cc4cc(-c5ccc(Cl)cc5)ccc4s3)C(=O)O)cc2)c1. The molecule has 0 bridgehead atoms. The Morgan fingerprint density at radius 2 is 1.62 bits per heavy atom. The largest absolute Gasteiger partial charge is 0.497 e. The Kier molecular flexibility index (Phi) is 8.34. The van der Waals surface area contributed by atoms with Gasteiger partial charge in [0.15, 0.2) is 0 Å². The van der Waals surface area contributed by atoms with Crippen LogP contribution in [-0.2, 0) is 17.8 Å². The molecule has 0 unspecified atom stereocenters. The zero-order chi connectivity index (χ0) is 28.1. The highest BCUT2D eigenvalue weighted by molar-refractivity contribution is 7.20. The number of nitrogens with one attached hydrogen (secondary N) is 1. The van der Waals surface area contributed by atoms with Gasteiger partial charge in [0.25, 0.3) is 5.91 Å². The van der Waals surface area contributed by atoms with Crippen LogP contribution in [0.3, 0.4) is 0 Å². The van der Waals surface area contributed by atoms with Gasteiger partial charge in [-0.25, -0.2) is 4.79 Å². The van der Waals surface area contributed by atoms with Gasteiger partial charge in [0.1, 0.15) is 24.1 Å². The highest BCUT2D eigenvalue weighted by atomic mass is 35.5. The van der Waals surface area contributed by atoms with Crippen molar-refractivity contribution in [2.24, 2.45) is 0 Å². The van der Waals surface area contributed by atoms with Crippen LogP contribution in [0.25, 0.3) is 21.2 Å². The van der Waals surface area contributed by atoms with Crippen LogP contribution in [0.1, 0.15) is 20.8 Å². The summed E-state index contributed by atoms with van der Waals surface area (Å²) in [5.74, 6) is -0.0972. The molecular weight excluding hydrogens is 546 g/mol. The fourth-order valence-electron chi connectivity index (χ4n) is 4.29. The van der Waals surface area contributed by atoms with E-state index < -0.39 is 17.9 Å². The highest BCUT2D eigenvalue weighted by Crippen LogP contribution is 2.31. The van der Waals surface area contributed by atoms with E-state index in [4.69, 9.17) is 21.1 Å². The van der Waals surface area contributed by atoms with E-state index in [1.807, 2.05) is 66.7 Å². The lowest BCUT2D eigenvalue weighted by molar-refractivity contribution is -0.139. The van der Waals surface area contributed by atoms with Crippen LogP contribution in [-0.4, -0.2) is 30.1 Å². The lowest BCUT2D eigenvalue weighted by Gasteiger charge is -2.14. The Balaban J connectivity index is 1.22. The number of fused-ring (bicyclic) bond motifs is 1. The third-order valence-electron chi connectivity index (χ3n) is 6.42. The minimum absolute atomic E-state index is 0.142. The Bertz CT molecular complexity index is 1650. The maximum absolute atomic E-state index is 13.0. The second kappa shape index (κ2) is 12.2. The van der Waals surface area contributed by atoms with Crippen molar-refractivity contribution in [3.63, 3.8) is 0 Å². The van der Waals surface area contributed by atoms with E-state index in [9.17, 15) is 14.7 Å². The van der Waals surface area contributed by atoms with E-state index in [-0.39, 0.29) is 6.42 Å². The fourth-order valence-corrected chi connectivity index (χ4v) is 5.37. The molecule has 2 N–H and O–H groups in total. The normalized spacial score (nSPS) is 11.7. The van der Waals surface area contributed by atoms with Crippen molar-refractivity contribution in [1.29, 1.82) is 0 Å². The van der Waals surface area contributed by atoms with Crippen molar-refractivity contribution in [2.45, 2.75) is 19.1 Å². The number of carbonyl (C=O) groups is 2. The van der Waals surface area contributed by atoms with Crippen LogP contribution in [0, 0.1) is 0 Å². The molecule has 0 saturated heterocycles. The Hall–Kier alpha value is -4.33. The molecule has 0 radical (unpaired) electrons. The molecule has 4 aromatic carbocycles. The second-order valence-corrected chi connectivity index (χ2v) is 10.7. The van der Waals surface area contributed by atoms with Crippen molar-refractivity contribution >= 4 is 44.9 Å². The molecule has 0 spiro atoms. The summed E-state index contributed by atoms with van der Waals surface area (Å²) in [7, 11) is 1.62. The zero-order valence-corrected chi connectivity index (χ0v) is 23.2. The highest BCUT2D eigenvalue weighted by Gasteiger charge is 2.22. The van der Waals surface area contributed by atoms with Crippen molar-refractivity contribution in [2.75, 3.05) is 7.11 Å². The Morgan fingerprint density at radius 3 is 2.35 bits per heavy atom. The van der Waals surface area contributed by atoms with Gasteiger partial charge in [0.05, 0.1) is 12.0 Å². The van der Waals surface area contributed by atoms with Gasteiger partial charge in [0, 0.05) is 16.1 Å². The minimum atomic E-state index is -1.10. The number of rotatable bonds is 10. The van der Waals surface area contributed by atoms with Gasteiger partial charge in [-0.2, -0.15) is 0 Å². The van der Waals surface area contributed by atoms with E-state index in [1.165, 1.54) is 11.3 Å². The number of ether oxygens (including phenoxy) is 2. The first-order valence-electron chi connectivity index (χ1n) is 12.6. The number of carbonyl (C=O) groups excluding carboxylic acids is 1. The van der Waals surface area contributed by atoms with Crippen molar-refractivity contribution < 1.29 is 24.2 Å². The first-order chi connectivity index (χ1) is 19.4. The Morgan fingerprint density at radius 1 is 0.875 bits per heavy atom. The maximum atomic E-state index is 13.0. The van der Waals surface area contributed by atoms with Crippen LogP contribution >= 0.6 is 22.9 Å². The van der Waals surface area contributed by atoms with Crippen LogP contribution in [0.4, 0.5) is 0 Å². The molecule has 0 saturated carbocycles. The number of amides is 1. The fraction of sp³-hybridized carbons (Fsp3) is 0.125. The molecule has 1 heterocycles. The molecule has 0 fully saturated rings. The van der Waals surface area contributed by atoms with Crippen LogP contribution in [0.5, 0.6) is 11.5 Å². The number of hydrogen-bond acceptors (Lipinski definition) is 5. The van der Waals surface area contributed by atoms with E-state index >= 15 is 0 Å². The third-order valence-corrected chi connectivity index (χ3v) is 7.79. The summed E-state index contributed by atoms with van der Waals surface area (Å²) in [6.45, 7) is 0.376. The molecule has 0 aliphatic heterocycles. The third kappa shape index (κ3) is 6.62. The molecule has 0 aliphatic rings. The van der Waals surface area contributed by atoms with Gasteiger partial charge in [-0.15, -0.1) is 11.3 Å². The maximum Gasteiger partial charge on any atom is 0.326 e. The lowest BCUT2D eigenvalue weighted by Crippen LogP contribution is -2.42. The van der Waals surface area contributed by atoms with Gasteiger partial charge in [-0.05, 0) is 82.2 Å². The van der Waals surface area contributed by atoms with E-state index in [2.05, 4.69) is 5.32 Å². The van der Waals surface area contributed by atoms with Gasteiger partial charge in [-0.3, -0.25) is 4.79 Å². The number of halogens is 1. The first kappa shape index (κ1) is 27.2. The molecule has 5 rings (SSSR count). The number of methoxy groups -OCH3 is 1. The lowest BCUT2D eigenvalue weighted by atomic mass is 10.0. The summed E-state index contributed by atoms with van der Waals surface area (Å²) < 4.78 is 12.0. The second-order valence-electron chi connectivity index (χ2n) is 9.22. The summed E-state index contributed by atoms with van der Waals surface area (Å²) in [5.41, 5.74) is 3.77. The summed E-state index contributed by atoms with van der Waals surface area (Å²) in [5, 5.41) is 14.1. The molecule has 1 aromatic heterocycles. The van der Waals surface area contributed by atoms with Gasteiger partial charge >= 0.3 is 5.97 Å². The molecular formula is C32H26ClNO5S. The smallest absolute Gasteiger partial charge is 0.326 e. The Labute approximate surface area is 240 Å². The molecule has 1 amide bonds. The number of hydrogen-bond donors (Lipinski definition) is 2. The van der Waals surface area contributed by atoms with Crippen LogP contribution in [0.15, 0.2) is 97.1 Å². The number of aliphatic carboxylic acids is 1. The molecule has 8 heteroatoms. The summed E-state index contributed by atoms with van der Waals surface area (Å²) >= 11 is 7.33. The summed E-state index contributed by atoms with van der Waals surface area (Å²) in [6.07, 6.45) is 0.142. The predicted octanol–water partition coefficient (Wildman–Crippen LogP) is 7.24. The van der Waals surface area contributed by atoms with E-state index in [0.717, 1.165) is 38.1 Å². The van der Waals surface area contributed by atoms with Crippen LogP contribution in [0.2, 0.25) is 5.02 Å². The molecule has 0 aliphatic carbocycles. The van der Waals surface area contributed by atoms with Crippen molar-refractivity contribution in [3.05, 3.63) is 118 Å². The predicted molar refractivity (Wildman–Crippen MR) is 159 cm³/mol. The molecule has 202 valence electrons. The first-order valence-corrected chi connectivity index (χ1v) is 13.8. The average molecular weight is 572 g/mol. The van der Waals surface area contributed by atoms with Gasteiger partial charge in [0.2, 0.25) is 0 Å². The summed E-state index contributed by atoms with van der Waals surface area (Å²) in [4.78, 5) is 25.5. The quantitative estimate of drug-likeness (QED) is 0.185.